The van der Waals surface area contributed by atoms with Crippen LogP contribution in [0, 0.1) is 11.8 Å². The maximum Gasteiger partial charge on any atom is 0.258 e. The molecule has 3 aliphatic rings. The Labute approximate surface area is 193 Å². The molecule has 174 valence electrons. The Kier molecular flexibility index (Phi) is 5.83. The van der Waals surface area contributed by atoms with E-state index in [-0.39, 0.29) is 35.9 Å². The molecular weight excluding hydrogens is 418 g/mol. The number of aliphatic hydroxyl groups is 1. The molecular formula is C26H31N3O4. The number of aromatic nitrogens is 1. The second kappa shape index (κ2) is 8.78. The first-order valence-electron chi connectivity index (χ1n) is 12.1. The van der Waals surface area contributed by atoms with Crippen LogP contribution in [-0.2, 0) is 16.1 Å². The van der Waals surface area contributed by atoms with Gasteiger partial charge in [-0.05, 0) is 37.0 Å². The molecule has 0 unspecified atom stereocenters. The molecule has 0 spiro atoms. The van der Waals surface area contributed by atoms with Gasteiger partial charge in [0, 0.05) is 49.8 Å². The Morgan fingerprint density at radius 2 is 1.76 bits per heavy atom. The lowest BCUT2D eigenvalue weighted by atomic mass is 9.85. The minimum atomic E-state index is -0.538. The molecule has 2 bridgehead atoms. The summed E-state index contributed by atoms with van der Waals surface area (Å²) in [4.78, 5) is 44.0. The van der Waals surface area contributed by atoms with Crippen molar-refractivity contribution in [1.82, 2.24) is 14.4 Å². The molecule has 4 atom stereocenters. The molecule has 33 heavy (non-hydrogen) atoms. The van der Waals surface area contributed by atoms with Gasteiger partial charge in [0.25, 0.3) is 5.56 Å². The minimum Gasteiger partial charge on any atom is -0.396 e. The second-order valence-electron chi connectivity index (χ2n) is 9.38. The number of nitrogens with zero attached hydrogens (tertiary/aromatic N) is 3. The van der Waals surface area contributed by atoms with Crippen LogP contribution in [0.3, 0.4) is 0 Å². The summed E-state index contributed by atoms with van der Waals surface area (Å²) in [7, 11) is 0. The summed E-state index contributed by atoms with van der Waals surface area (Å²) >= 11 is 0. The zero-order valence-electron chi connectivity index (χ0n) is 19.0. The molecule has 1 aromatic carbocycles. The zero-order chi connectivity index (χ0) is 23.1. The lowest BCUT2D eigenvalue weighted by Gasteiger charge is -2.39. The number of hydrogen-bond donors (Lipinski definition) is 1. The van der Waals surface area contributed by atoms with E-state index in [0.717, 1.165) is 24.8 Å². The highest BCUT2D eigenvalue weighted by Crippen LogP contribution is 2.49. The summed E-state index contributed by atoms with van der Waals surface area (Å²) in [6, 6.07) is 12.3. The summed E-state index contributed by atoms with van der Waals surface area (Å²) in [5.74, 6) is -0.963. The van der Waals surface area contributed by atoms with Gasteiger partial charge in [-0.3, -0.25) is 14.4 Å². The molecule has 7 nitrogen and oxygen atoms in total. The number of fused-ring (bicyclic) bond motifs is 4. The van der Waals surface area contributed by atoms with E-state index in [2.05, 4.69) is 0 Å². The Hall–Kier alpha value is -2.93. The quantitative estimate of drug-likeness (QED) is 0.777. The van der Waals surface area contributed by atoms with Crippen LogP contribution in [0.15, 0.2) is 47.3 Å². The van der Waals surface area contributed by atoms with Crippen molar-refractivity contribution >= 4 is 11.8 Å². The van der Waals surface area contributed by atoms with E-state index < -0.39 is 12.0 Å². The number of benzene rings is 1. The van der Waals surface area contributed by atoms with Gasteiger partial charge in [-0.1, -0.05) is 37.3 Å². The molecule has 2 saturated heterocycles. The number of carbonyl (C=O) groups excluding carboxylic acids is 2. The maximum atomic E-state index is 13.7. The van der Waals surface area contributed by atoms with Gasteiger partial charge < -0.3 is 19.5 Å². The largest absolute Gasteiger partial charge is 0.396 e. The minimum absolute atomic E-state index is 0.00295. The van der Waals surface area contributed by atoms with Gasteiger partial charge in [0.2, 0.25) is 11.8 Å². The highest BCUT2D eigenvalue weighted by Gasteiger charge is 2.57. The van der Waals surface area contributed by atoms with Crippen molar-refractivity contribution in [3.63, 3.8) is 0 Å². The molecule has 0 radical (unpaired) electrons. The average molecular weight is 450 g/mol. The predicted octanol–water partition coefficient (Wildman–Crippen LogP) is 2.43. The fourth-order valence-corrected chi connectivity index (χ4v) is 6.07. The van der Waals surface area contributed by atoms with Crippen molar-refractivity contribution in [1.29, 1.82) is 0 Å². The number of carbonyl (C=O) groups is 2. The Balaban J connectivity index is 1.63. The van der Waals surface area contributed by atoms with E-state index >= 15 is 0 Å². The van der Waals surface area contributed by atoms with Crippen LogP contribution in [-0.4, -0.2) is 57.0 Å². The standard InChI is InChI=1S/C26H31N3O4/c1-2-22(31)29-21-15-28-20(12-11-18(25(28)32)17-9-5-3-6-10-17)24(29)23(19(21)16-30)26(33)27-13-7-4-8-14-27/h3,5-6,9-12,19,21,23-24,30H,2,4,7-8,13-16H2,1H3/t19-,21-,23+,24+/m1/s1. The van der Waals surface area contributed by atoms with Crippen molar-refractivity contribution in [2.75, 3.05) is 19.7 Å². The van der Waals surface area contributed by atoms with Crippen LogP contribution in [0.4, 0.5) is 0 Å². The molecule has 1 aromatic heterocycles. The normalized spacial score (nSPS) is 26.2. The van der Waals surface area contributed by atoms with Crippen molar-refractivity contribution in [3.8, 4) is 11.1 Å². The molecule has 2 aromatic rings. The zero-order valence-corrected chi connectivity index (χ0v) is 19.0. The first kappa shape index (κ1) is 21.9. The van der Waals surface area contributed by atoms with E-state index in [0.29, 0.717) is 37.3 Å². The number of amides is 2. The van der Waals surface area contributed by atoms with Crippen LogP contribution >= 0.6 is 0 Å². The van der Waals surface area contributed by atoms with E-state index in [9.17, 15) is 19.5 Å². The number of piperidine rings is 1. The summed E-state index contributed by atoms with van der Waals surface area (Å²) in [5.41, 5.74) is 2.04. The number of aliphatic hydroxyl groups excluding tert-OH is 1. The van der Waals surface area contributed by atoms with Gasteiger partial charge >= 0.3 is 0 Å². The van der Waals surface area contributed by atoms with E-state index in [1.54, 1.807) is 9.47 Å². The number of hydrogen-bond acceptors (Lipinski definition) is 4. The third kappa shape index (κ3) is 3.50. The van der Waals surface area contributed by atoms with Gasteiger partial charge in [0.05, 0.1) is 18.0 Å². The molecule has 2 amide bonds. The molecule has 3 aliphatic heterocycles. The van der Waals surface area contributed by atoms with E-state index in [1.165, 1.54) is 0 Å². The summed E-state index contributed by atoms with van der Waals surface area (Å²) in [6.07, 6.45) is 3.39. The third-order valence-corrected chi connectivity index (χ3v) is 7.67. The third-order valence-electron chi connectivity index (χ3n) is 7.67. The van der Waals surface area contributed by atoms with E-state index in [1.807, 2.05) is 54.3 Å². The molecule has 4 heterocycles. The van der Waals surface area contributed by atoms with Crippen LogP contribution in [0.5, 0.6) is 0 Å². The first-order chi connectivity index (χ1) is 16.1. The fraction of sp³-hybridized carbons (Fsp3) is 0.500. The summed E-state index contributed by atoms with van der Waals surface area (Å²) in [6.45, 7) is 3.36. The predicted molar refractivity (Wildman–Crippen MR) is 124 cm³/mol. The van der Waals surface area contributed by atoms with Crippen molar-refractivity contribution < 1.29 is 14.7 Å². The highest BCUT2D eigenvalue weighted by molar-refractivity contribution is 5.84. The van der Waals surface area contributed by atoms with E-state index in [4.69, 9.17) is 0 Å². The number of pyridine rings is 1. The summed E-state index contributed by atoms with van der Waals surface area (Å²) < 4.78 is 1.74. The SMILES string of the molecule is CCC(=O)N1[C@@H]2Cn3c(ccc(-c4ccccc4)c3=O)[C@H]1[C@@H](C(=O)N1CCCCC1)[C@@H]2CO. The van der Waals surface area contributed by atoms with Crippen molar-refractivity contribution in [2.24, 2.45) is 11.8 Å². The van der Waals surface area contributed by atoms with Crippen LogP contribution in [0.25, 0.3) is 11.1 Å². The molecule has 7 heteroatoms. The smallest absolute Gasteiger partial charge is 0.258 e. The van der Waals surface area contributed by atoms with Gasteiger partial charge in [0.15, 0.2) is 0 Å². The first-order valence-corrected chi connectivity index (χ1v) is 12.1. The lowest BCUT2D eigenvalue weighted by molar-refractivity contribution is -0.140. The summed E-state index contributed by atoms with van der Waals surface area (Å²) in [5, 5.41) is 10.4. The van der Waals surface area contributed by atoms with Gasteiger partial charge in [-0.15, -0.1) is 0 Å². The van der Waals surface area contributed by atoms with Gasteiger partial charge in [-0.2, -0.15) is 0 Å². The lowest BCUT2D eigenvalue weighted by Crippen LogP contribution is -2.49. The highest BCUT2D eigenvalue weighted by atomic mass is 16.3. The van der Waals surface area contributed by atoms with Crippen LogP contribution < -0.4 is 5.56 Å². The Bertz CT molecular complexity index is 1110. The molecule has 0 saturated carbocycles. The molecule has 2 fully saturated rings. The van der Waals surface area contributed by atoms with Crippen LogP contribution in [0.2, 0.25) is 0 Å². The van der Waals surface area contributed by atoms with Crippen molar-refractivity contribution in [2.45, 2.75) is 51.2 Å². The second-order valence-corrected chi connectivity index (χ2v) is 9.38. The molecule has 0 aliphatic carbocycles. The molecule has 1 N–H and O–H groups in total. The Morgan fingerprint density at radius 1 is 1.03 bits per heavy atom. The van der Waals surface area contributed by atoms with Gasteiger partial charge in [-0.25, -0.2) is 0 Å². The fourth-order valence-electron chi connectivity index (χ4n) is 6.07. The maximum absolute atomic E-state index is 13.7. The number of rotatable bonds is 4. The Morgan fingerprint density at radius 3 is 2.42 bits per heavy atom. The topological polar surface area (TPSA) is 82.9 Å². The average Bonchev–Trinajstić information content (AvgIpc) is 3.11. The molecule has 5 rings (SSSR count). The monoisotopic (exact) mass is 449 g/mol. The number of likely N-dealkylation sites (tertiary alicyclic amines) is 1. The van der Waals surface area contributed by atoms with Gasteiger partial charge in [0.1, 0.15) is 0 Å². The van der Waals surface area contributed by atoms with Crippen molar-refractivity contribution in [3.05, 3.63) is 58.5 Å². The van der Waals surface area contributed by atoms with Crippen LogP contribution in [0.1, 0.15) is 44.3 Å².